The summed E-state index contributed by atoms with van der Waals surface area (Å²) in [6, 6.07) is 0. The monoisotopic (exact) mass is 582 g/mol. The normalized spacial score (nSPS) is 13.9. The number of rotatable bonds is 24. The molecule has 0 aliphatic heterocycles. The van der Waals surface area contributed by atoms with Gasteiger partial charge in [-0.3, -0.25) is 19.2 Å². The van der Waals surface area contributed by atoms with E-state index in [1.807, 2.05) is 0 Å². The molecule has 8 heteroatoms. The average molecular weight is 583 g/mol. The van der Waals surface area contributed by atoms with Crippen molar-refractivity contribution in [2.45, 2.75) is 149 Å². The lowest BCUT2D eigenvalue weighted by Crippen LogP contribution is -2.44. The van der Waals surface area contributed by atoms with Gasteiger partial charge < -0.3 is 18.9 Å². The lowest BCUT2D eigenvalue weighted by molar-refractivity contribution is -0.172. The maximum Gasteiger partial charge on any atom is 0.308 e. The molecule has 0 spiro atoms. The first-order valence-corrected chi connectivity index (χ1v) is 16.5. The highest BCUT2D eigenvalue weighted by molar-refractivity contribution is 5.73. The van der Waals surface area contributed by atoms with Crippen LogP contribution in [0.15, 0.2) is 0 Å². The Morgan fingerprint density at radius 2 is 0.878 bits per heavy atom. The molecule has 0 atom stereocenters. The first kappa shape index (κ1) is 36.9. The largest absolute Gasteiger partial charge is 0.465 e. The Kier molecular flexibility index (Phi) is 21.1. The smallest absolute Gasteiger partial charge is 0.308 e. The number of unbranched alkanes of at least 4 members (excludes halogenated alkanes) is 9. The summed E-state index contributed by atoms with van der Waals surface area (Å²) in [6.07, 6.45) is 16.9. The molecular weight excluding hydrogens is 524 g/mol. The van der Waals surface area contributed by atoms with E-state index in [-0.39, 0.29) is 75.5 Å². The SMILES string of the molecule is CCCCCCC(=O)OCC(COC(=O)CCCCCC)(COC(=O)CCCCCC)COC(=O)C1CCCCC1. The molecule has 1 aliphatic carbocycles. The van der Waals surface area contributed by atoms with Crippen molar-refractivity contribution in [1.29, 1.82) is 0 Å². The van der Waals surface area contributed by atoms with Crippen molar-refractivity contribution in [2.24, 2.45) is 11.3 Å². The third kappa shape index (κ3) is 18.1. The van der Waals surface area contributed by atoms with E-state index in [9.17, 15) is 19.2 Å². The average Bonchev–Trinajstić information content (AvgIpc) is 2.99. The number of esters is 4. The summed E-state index contributed by atoms with van der Waals surface area (Å²) in [5, 5.41) is 0. The molecule has 1 aliphatic rings. The van der Waals surface area contributed by atoms with Gasteiger partial charge in [-0.05, 0) is 32.1 Å². The highest BCUT2D eigenvalue weighted by Gasteiger charge is 2.38. The standard InChI is InChI=1S/C33H58O8/c1-4-7-10-16-21-29(34)38-24-33(25-39-30(35)22-17-11-8-5-2,26-40-31(36)23-18-12-9-6-3)27-41-32(37)28-19-14-13-15-20-28/h28H,4-27H2,1-3H3. The van der Waals surface area contributed by atoms with Gasteiger partial charge in [0, 0.05) is 19.3 Å². The predicted octanol–water partition coefficient (Wildman–Crippen LogP) is 7.64. The van der Waals surface area contributed by atoms with Crippen LogP contribution in [-0.4, -0.2) is 50.3 Å². The van der Waals surface area contributed by atoms with Gasteiger partial charge in [0.25, 0.3) is 0 Å². The van der Waals surface area contributed by atoms with E-state index in [2.05, 4.69) is 20.8 Å². The highest BCUT2D eigenvalue weighted by atomic mass is 16.6. The van der Waals surface area contributed by atoms with Crippen molar-refractivity contribution in [2.75, 3.05) is 26.4 Å². The molecule has 0 bridgehead atoms. The minimum absolute atomic E-state index is 0.155. The van der Waals surface area contributed by atoms with Gasteiger partial charge in [-0.25, -0.2) is 0 Å². The lowest BCUT2D eigenvalue weighted by atomic mass is 9.89. The molecule has 0 saturated heterocycles. The molecule has 1 fully saturated rings. The third-order valence-corrected chi connectivity index (χ3v) is 7.78. The maximum atomic E-state index is 12.9. The van der Waals surface area contributed by atoms with Gasteiger partial charge >= 0.3 is 23.9 Å². The van der Waals surface area contributed by atoms with Crippen molar-refractivity contribution in [3.05, 3.63) is 0 Å². The molecule has 1 saturated carbocycles. The zero-order valence-corrected chi connectivity index (χ0v) is 26.3. The van der Waals surface area contributed by atoms with E-state index in [0.717, 1.165) is 109 Å². The quantitative estimate of drug-likeness (QED) is 0.0649. The molecule has 0 aromatic rings. The number of hydrogen-bond acceptors (Lipinski definition) is 8. The second-order valence-electron chi connectivity index (χ2n) is 11.9. The molecule has 0 aromatic heterocycles. The summed E-state index contributed by atoms with van der Waals surface area (Å²) >= 11 is 0. The van der Waals surface area contributed by atoms with E-state index in [1.54, 1.807) is 0 Å². The van der Waals surface area contributed by atoms with E-state index in [1.165, 1.54) is 0 Å². The minimum atomic E-state index is -1.17. The van der Waals surface area contributed by atoms with Gasteiger partial charge in [-0.15, -0.1) is 0 Å². The second kappa shape index (κ2) is 23.4. The molecule has 41 heavy (non-hydrogen) atoms. The van der Waals surface area contributed by atoms with Crippen LogP contribution in [0.4, 0.5) is 0 Å². The number of hydrogen-bond donors (Lipinski definition) is 0. The van der Waals surface area contributed by atoms with Crippen LogP contribution in [0.5, 0.6) is 0 Å². The number of ether oxygens (including phenoxy) is 4. The summed E-state index contributed by atoms with van der Waals surface area (Å²) in [5.74, 6) is -1.54. The van der Waals surface area contributed by atoms with Crippen LogP contribution in [0.1, 0.15) is 149 Å². The van der Waals surface area contributed by atoms with E-state index in [0.29, 0.717) is 0 Å². The van der Waals surface area contributed by atoms with Crippen LogP contribution in [0, 0.1) is 11.3 Å². The van der Waals surface area contributed by atoms with Crippen LogP contribution < -0.4 is 0 Å². The van der Waals surface area contributed by atoms with E-state index in [4.69, 9.17) is 18.9 Å². The Hall–Kier alpha value is -2.12. The number of carbonyl (C=O) groups excluding carboxylic acids is 4. The first-order chi connectivity index (χ1) is 19.9. The highest BCUT2D eigenvalue weighted by Crippen LogP contribution is 2.27. The Bertz CT molecular complexity index is 659. The van der Waals surface area contributed by atoms with Crippen molar-refractivity contribution in [3.63, 3.8) is 0 Å². The summed E-state index contributed by atoms with van der Waals surface area (Å²) in [4.78, 5) is 50.6. The molecule has 0 radical (unpaired) electrons. The second-order valence-corrected chi connectivity index (χ2v) is 11.9. The van der Waals surface area contributed by atoms with E-state index < -0.39 is 5.41 Å². The molecule has 0 aromatic carbocycles. The molecule has 0 heterocycles. The zero-order valence-electron chi connectivity index (χ0n) is 26.3. The maximum absolute atomic E-state index is 12.9. The Balaban J connectivity index is 2.95. The van der Waals surface area contributed by atoms with Gasteiger partial charge in [0.2, 0.25) is 0 Å². The molecule has 0 N–H and O–H groups in total. The summed E-state index contributed by atoms with van der Waals surface area (Å²) < 4.78 is 22.7. The predicted molar refractivity (Wildman–Crippen MR) is 159 cm³/mol. The van der Waals surface area contributed by atoms with E-state index >= 15 is 0 Å². The van der Waals surface area contributed by atoms with Gasteiger partial charge in [0.1, 0.15) is 31.8 Å². The minimum Gasteiger partial charge on any atom is -0.465 e. The van der Waals surface area contributed by atoms with Gasteiger partial charge in [0.15, 0.2) is 0 Å². The van der Waals surface area contributed by atoms with Crippen LogP contribution in [0.3, 0.4) is 0 Å². The lowest BCUT2D eigenvalue weighted by Gasteiger charge is -2.32. The molecule has 0 unspecified atom stereocenters. The fourth-order valence-electron chi connectivity index (χ4n) is 4.94. The van der Waals surface area contributed by atoms with Crippen LogP contribution in [-0.2, 0) is 38.1 Å². The van der Waals surface area contributed by atoms with Crippen molar-refractivity contribution >= 4 is 23.9 Å². The van der Waals surface area contributed by atoms with Crippen molar-refractivity contribution in [3.8, 4) is 0 Å². The fourth-order valence-corrected chi connectivity index (χ4v) is 4.94. The van der Waals surface area contributed by atoms with Crippen molar-refractivity contribution < 1.29 is 38.1 Å². The molecule has 1 rings (SSSR count). The van der Waals surface area contributed by atoms with Gasteiger partial charge in [-0.1, -0.05) is 97.8 Å². The summed E-state index contributed by atoms with van der Waals surface area (Å²) in [6.45, 7) is 5.68. The molecule has 8 nitrogen and oxygen atoms in total. The third-order valence-electron chi connectivity index (χ3n) is 7.78. The summed E-state index contributed by atoms with van der Waals surface area (Å²) in [7, 11) is 0. The molecule has 238 valence electrons. The van der Waals surface area contributed by atoms with Crippen LogP contribution >= 0.6 is 0 Å². The molecular formula is C33H58O8. The van der Waals surface area contributed by atoms with Gasteiger partial charge in [-0.2, -0.15) is 0 Å². The first-order valence-electron chi connectivity index (χ1n) is 16.5. The Morgan fingerprint density at radius 1 is 0.512 bits per heavy atom. The molecule has 0 amide bonds. The van der Waals surface area contributed by atoms with Crippen LogP contribution in [0.25, 0.3) is 0 Å². The fraction of sp³-hybridized carbons (Fsp3) is 0.879. The van der Waals surface area contributed by atoms with Crippen molar-refractivity contribution in [1.82, 2.24) is 0 Å². The van der Waals surface area contributed by atoms with Crippen LogP contribution in [0.2, 0.25) is 0 Å². The number of carbonyl (C=O) groups is 4. The summed E-state index contributed by atoms with van der Waals surface area (Å²) in [5.41, 5.74) is -1.17. The Labute approximate surface area is 249 Å². The van der Waals surface area contributed by atoms with Gasteiger partial charge in [0.05, 0.1) is 5.92 Å². The Morgan fingerprint density at radius 3 is 1.24 bits per heavy atom. The topological polar surface area (TPSA) is 105 Å². The zero-order chi connectivity index (χ0) is 30.2.